The van der Waals surface area contributed by atoms with Crippen LogP contribution in [0.2, 0.25) is 0 Å². The summed E-state index contributed by atoms with van der Waals surface area (Å²) in [5.41, 5.74) is 0.365. The van der Waals surface area contributed by atoms with Crippen LogP contribution in [0.1, 0.15) is 45.9 Å². The highest BCUT2D eigenvalue weighted by Gasteiger charge is 2.23. The maximum Gasteiger partial charge on any atom is 0.252 e. The molecule has 0 aromatic carbocycles. The van der Waals surface area contributed by atoms with Crippen molar-refractivity contribution in [3.05, 3.63) is 22.2 Å². The maximum absolute atomic E-state index is 11.6. The van der Waals surface area contributed by atoms with E-state index in [1.54, 1.807) is 6.07 Å². The van der Waals surface area contributed by atoms with Gasteiger partial charge in [0.05, 0.1) is 0 Å². The second-order valence-corrected chi connectivity index (χ2v) is 5.91. The first kappa shape index (κ1) is 13.1. The van der Waals surface area contributed by atoms with Crippen molar-refractivity contribution in [2.45, 2.75) is 46.5 Å². The summed E-state index contributed by atoms with van der Waals surface area (Å²) in [4.78, 5) is 21.2. The van der Waals surface area contributed by atoms with Crippen molar-refractivity contribution in [1.82, 2.24) is 9.97 Å². The molecule has 1 fully saturated rings. The molecule has 2 heterocycles. The third-order valence-corrected chi connectivity index (χ3v) is 3.78. The summed E-state index contributed by atoms with van der Waals surface area (Å²) in [7, 11) is 0. The summed E-state index contributed by atoms with van der Waals surface area (Å²) in [5.74, 6) is 1.62. The topological polar surface area (TPSA) is 49.0 Å². The quantitative estimate of drug-likeness (QED) is 0.875. The van der Waals surface area contributed by atoms with E-state index in [0.29, 0.717) is 5.41 Å². The number of anilines is 1. The number of rotatable bonds is 2. The van der Waals surface area contributed by atoms with Gasteiger partial charge in [0.1, 0.15) is 11.6 Å². The molecular formula is C14H23N3O. The average Bonchev–Trinajstić information content (AvgIpc) is 2.49. The van der Waals surface area contributed by atoms with Gasteiger partial charge in [-0.05, 0) is 24.7 Å². The summed E-state index contributed by atoms with van der Waals surface area (Å²) in [6.45, 7) is 8.64. The minimum absolute atomic E-state index is 0.0413. The van der Waals surface area contributed by atoms with Gasteiger partial charge in [0, 0.05) is 25.6 Å². The molecule has 0 atom stereocenters. The molecule has 1 aliphatic heterocycles. The zero-order valence-corrected chi connectivity index (χ0v) is 11.6. The molecule has 4 nitrogen and oxygen atoms in total. The molecule has 1 N–H and O–H groups in total. The lowest BCUT2D eigenvalue weighted by molar-refractivity contribution is 0.325. The van der Waals surface area contributed by atoms with Crippen LogP contribution in [-0.4, -0.2) is 23.1 Å². The number of hydrogen-bond acceptors (Lipinski definition) is 3. The Kier molecular flexibility index (Phi) is 3.73. The minimum atomic E-state index is -0.0413. The normalized spacial score (nSPS) is 19.6. The van der Waals surface area contributed by atoms with Gasteiger partial charge in [0.2, 0.25) is 0 Å². The molecule has 1 saturated heterocycles. The van der Waals surface area contributed by atoms with Crippen LogP contribution in [0.25, 0.3) is 0 Å². The lowest BCUT2D eigenvalue weighted by Crippen LogP contribution is -2.28. The van der Waals surface area contributed by atoms with Crippen molar-refractivity contribution in [2.75, 3.05) is 18.0 Å². The summed E-state index contributed by atoms with van der Waals surface area (Å²) < 4.78 is 0. The third kappa shape index (κ3) is 3.12. The molecule has 0 unspecified atom stereocenters. The number of hydrogen-bond donors (Lipinski definition) is 1. The molecule has 1 aliphatic rings. The lowest BCUT2D eigenvalue weighted by Gasteiger charge is -2.24. The number of nitrogens with one attached hydrogen (secondary N) is 1. The highest BCUT2D eigenvalue weighted by molar-refractivity contribution is 5.37. The molecule has 0 bridgehead atoms. The first-order chi connectivity index (χ1) is 8.50. The first-order valence-electron chi connectivity index (χ1n) is 6.85. The predicted molar refractivity (Wildman–Crippen MR) is 74.1 cm³/mol. The SMILES string of the molecule is CCc1nc(N2CCCC(C)(C)CC2)cc(=O)[nH]1. The summed E-state index contributed by atoms with van der Waals surface area (Å²) in [6, 6.07) is 1.62. The molecule has 0 spiro atoms. The Labute approximate surface area is 108 Å². The van der Waals surface area contributed by atoms with E-state index in [-0.39, 0.29) is 5.56 Å². The van der Waals surface area contributed by atoms with E-state index >= 15 is 0 Å². The van der Waals surface area contributed by atoms with Crippen LogP contribution in [0.5, 0.6) is 0 Å². The monoisotopic (exact) mass is 249 g/mol. The molecule has 1 aromatic heterocycles. The van der Waals surface area contributed by atoms with Gasteiger partial charge in [0.15, 0.2) is 0 Å². The van der Waals surface area contributed by atoms with Crippen LogP contribution in [0.15, 0.2) is 10.9 Å². The molecule has 100 valence electrons. The van der Waals surface area contributed by atoms with Gasteiger partial charge >= 0.3 is 0 Å². The standard InChI is InChI=1S/C14H23N3O/c1-4-11-15-12(10-13(18)16-11)17-8-5-6-14(2,3)7-9-17/h10H,4-9H2,1-3H3,(H,15,16,18). The molecule has 2 rings (SSSR count). The molecule has 4 heteroatoms. The van der Waals surface area contributed by atoms with Gasteiger partial charge in [-0.3, -0.25) is 4.79 Å². The van der Waals surface area contributed by atoms with Crippen molar-refractivity contribution in [3.8, 4) is 0 Å². The van der Waals surface area contributed by atoms with Crippen molar-refractivity contribution in [3.63, 3.8) is 0 Å². The van der Waals surface area contributed by atoms with Crippen LogP contribution in [0.4, 0.5) is 5.82 Å². The van der Waals surface area contributed by atoms with Crippen LogP contribution >= 0.6 is 0 Å². The van der Waals surface area contributed by atoms with Crippen LogP contribution in [0, 0.1) is 5.41 Å². The van der Waals surface area contributed by atoms with Crippen molar-refractivity contribution < 1.29 is 0 Å². The van der Waals surface area contributed by atoms with Gasteiger partial charge in [-0.1, -0.05) is 20.8 Å². The number of aromatic amines is 1. The van der Waals surface area contributed by atoms with Gasteiger partial charge < -0.3 is 9.88 Å². The van der Waals surface area contributed by atoms with E-state index in [9.17, 15) is 4.79 Å². The van der Waals surface area contributed by atoms with Crippen molar-refractivity contribution >= 4 is 5.82 Å². The van der Waals surface area contributed by atoms with E-state index < -0.39 is 0 Å². The molecule has 0 radical (unpaired) electrons. The predicted octanol–water partition coefficient (Wildman–Crippen LogP) is 2.35. The van der Waals surface area contributed by atoms with E-state index in [1.165, 1.54) is 12.8 Å². The Balaban J connectivity index is 2.21. The number of aromatic nitrogens is 2. The summed E-state index contributed by atoms with van der Waals surface area (Å²) in [5, 5.41) is 0. The van der Waals surface area contributed by atoms with Crippen LogP contribution in [0.3, 0.4) is 0 Å². The largest absolute Gasteiger partial charge is 0.356 e. The maximum atomic E-state index is 11.6. The van der Waals surface area contributed by atoms with Crippen molar-refractivity contribution in [2.24, 2.45) is 5.41 Å². The van der Waals surface area contributed by atoms with Gasteiger partial charge in [-0.25, -0.2) is 4.98 Å². The second-order valence-electron chi connectivity index (χ2n) is 5.91. The summed E-state index contributed by atoms with van der Waals surface area (Å²) >= 11 is 0. The average molecular weight is 249 g/mol. The Morgan fingerprint density at radius 3 is 2.89 bits per heavy atom. The Hall–Kier alpha value is -1.32. The van der Waals surface area contributed by atoms with E-state index in [4.69, 9.17) is 0 Å². The minimum Gasteiger partial charge on any atom is -0.356 e. The first-order valence-corrected chi connectivity index (χ1v) is 6.85. The Morgan fingerprint density at radius 2 is 2.17 bits per heavy atom. The van der Waals surface area contributed by atoms with Crippen LogP contribution < -0.4 is 10.5 Å². The zero-order chi connectivity index (χ0) is 13.2. The second kappa shape index (κ2) is 5.12. The summed E-state index contributed by atoms with van der Waals surface area (Å²) in [6.07, 6.45) is 4.33. The molecule has 0 aliphatic carbocycles. The number of nitrogens with zero attached hydrogens (tertiary/aromatic N) is 2. The van der Waals surface area contributed by atoms with Crippen molar-refractivity contribution in [1.29, 1.82) is 0 Å². The fourth-order valence-corrected chi connectivity index (χ4v) is 2.48. The fraction of sp³-hybridized carbons (Fsp3) is 0.714. The van der Waals surface area contributed by atoms with Gasteiger partial charge in [-0.15, -0.1) is 0 Å². The molecule has 0 saturated carbocycles. The van der Waals surface area contributed by atoms with E-state index in [1.807, 2.05) is 6.92 Å². The van der Waals surface area contributed by atoms with Crippen LogP contribution in [-0.2, 0) is 6.42 Å². The molecule has 18 heavy (non-hydrogen) atoms. The number of H-pyrrole nitrogens is 1. The van der Waals surface area contributed by atoms with Gasteiger partial charge in [0.25, 0.3) is 5.56 Å². The highest BCUT2D eigenvalue weighted by atomic mass is 16.1. The fourth-order valence-electron chi connectivity index (χ4n) is 2.48. The molecule has 1 aromatic rings. The molecular weight excluding hydrogens is 226 g/mol. The van der Waals surface area contributed by atoms with E-state index in [2.05, 4.69) is 28.7 Å². The highest BCUT2D eigenvalue weighted by Crippen LogP contribution is 2.30. The zero-order valence-electron chi connectivity index (χ0n) is 11.6. The lowest BCUT2D eigenvalue weighted by atomic mass is 9.85. The number of aryl methyl sites for hydroxylation is 1. The van der Waals surface area contributed by atoms with E-state index in [0.717, 1.165) is 37.6 Å². The third-order valence-electron chi connectivity index (χ3n) is 3.78. The Morgan fingerprint density at radius 1 is 1.39 bits per heavy atom. The Bertz CT molecular complexity index is 464. The van der Waals surface area contributed by atoms with Gasteiger partial charge in [-0.2, -0.15) is 0 Å². The smallest absolute Gasteiger partial charge is 0.252 e. The molecule has 0 amide bonds.